The molecule has 0 aromatic carbocycles. The Balaban J connectivity index is 1.97. The maximum Gasteiger partial charge on any atom is 0.0614 e. The smallest absolute Gasteiger partial charge is 0.0614 e. The average Bonchev–Trinajstić information content (AvgIpc) is 2.99. The van der Waals surface area contributed by atoms with Gasteiger partial charge in [-0.25, -0.2) is 0 Å². The summed E-state index contributed by atoms with van der Waals surface area (Å²) in [5, 5.41) is 0. The first-order valence-electron chi connectivity index (χ1n) is 7.01. The van der Waals surface area contributed by atoms with E-state index in [2.05, 4.69) is 31.0 Å². The summed E-state index contributed by atoms with van der Waals surface area (Å²) in [4.78, 5) is 7.30. The molecule has 2 saturated heterocycles. The molecule has 0 saturated carbocycles. The Labute approximate surface area is 109 Å². The van der Waals surface area contributed by atoms with Crippen LogP contribution in [-0.2, 0) is 4.74 Å². The molecule has 98 valence electrons. The van der Waals surface area contributed by atoms with E-state index in [1.165, 1.54) is 30.6 Å². The van der Waals surface area contributed by atoms with Gasteiger partial charge < -0.3 is 4.74 Å². The van der Waals surface area contributed by atoms with Crippen LogP contribution in [-0.4, -0.2) is 36.7 Å². The number of pyridine rings is 1. The number of aryl methyl sites for hydroxylation is 1. The Hall–Kier alpha value is -0.930. The molecule has 0 spiro atoms. The largest absolute Gasteiger partial charge is 0.381 e. The van der Waals surface area contributed by atoms with E-state index in [0.717, 1.165) is 25.3 Å². The van der Waals surface area contributed by atoms with Gasteiger partial charge in [0.2, 0.25) is 0 Å². The molecule has 1 aromatic heterocycles. The van der Waals surface area contributed by atoms with Crippen molar-refractivity contribution in [3.8, 4) is 0 Å². The van der Waals surface area contributed by atoms with Gasteiger partial charge in [0.05, 0.1) is 18.3 Å². The van der Waals surface area contributed by atoms with E-state index >= 15 is 0 Å². The zero-order chi connectivity index (χ0) is 12.5. The second-order valence-corrected chi connectivity index (χ2v) is 5.63. The van der Waals surface area contributed by atoms with Gasteiger partial charge in [0, 0.05) is 18.2 Å². The number of rotatable bonds is 2. The molecule has 0 N–H and O–H groups in total. The average molecular weight is 246 g/mol. The maximum atomic E-state index is 5.54. The van der Waals surface area contributed by atoms with Gasteiger partial charge in [0.1, 0.15) is 0 Å². The van der Waals surface area contributed by atoms with Crippen LogP contribution in [0, 0.1) is 6.92 Å². The van der Waals surface area contributed by atoms with Gasteiger partial charge in [-0.15, -0.1) is 0 Å². The van der Waals surface area contributed by atoms with Crippen LogP contribution in [0.2, 0.25) is 0 Å². The molecule has 0 amide bonds. The van der Waals surface area contributed by atoms with Gasteiger partial charge in [-0.05, 0) is 51.4 Å². The van der Waals surface area contributed by atoms with E-state index in [1.807, 2.05) is 0 Å². The SMILES string of the molecule is Cc1ccc(C2CCOC2)c(C2CCCN2C)n1. The molecule has 2 fully saturated rings. The molecule has 2 aliphatic rings. The summed E-state index contributed by atoms with van der Waals surface area (Å²) < 4.78 is 5.54. The third-order valence-corrected chi connectivity index (χ3v) is 4.30. The fourth-order valence-corrected chi connectivity index (χ4v) is 3.24. The quantitative estimate of drug-likeness (QED) is 0.802. The van der Waals surface area contributed by atoms with Gasteiger partial charge >= 0.3 is 0 Å². The summed E-state index contributed by atoms with van der Waals surface area (Å²) in [7, 11) is 2.22. The van der Waals surface area contributed by atoms with Gasteiger partial charge in [-0.1, -0.05) is 6.07 Å². The third kappa shape index (κ3) is 2.17. The van der Waals surface area contributed by atoms with E-state index in [1.54, 1.807) is 0 Å². The van der Waals surface area contributed by atoms with Crippen molar-refractivity contribution in [1.29, 1.82) is 0 Å². The molecular formula is C15H22N2O. The number of hydrogen-bond acceptors (Lipinski definition) is 3. The van der Waals surface area contributed by atoms with Gasteiger partial charge in [0.25, 0.3) is 0 Å². The molecule has 0 bridgehead atoms. The molecule has 3 nitrogen and oxygen atoms in total. The minimum Gasteiger partial charge on any atom is -0.381 e. The van der Waals surface area contributed by atoms with E-state index in [-0.39, 0.29) is 0 Å². The lowest BCUT2D eigenvalue weighted by atomic mass is 9.93. The summed E-state index contributed by atoms with van der Waals surface area (Å²) in [6, 6.07) is 4.94. The van der Waals surface area contributed by atoms with Crippen LogP contribution in [0.3, 0.4) is 0 Å². The Bertz CT molecular complexity index is 427. The fourth-order valence-electron chi connectivity index (χ4n) is 3.24. The molecule has 0 aliphatic carbocycles. The molecule has 2 aliphatic heterocycles. The summed E-state index contributed by atoms with van der Waals surface area (Å²) in [6.45, 7) is 5.06. The fraction of sp³-hybridized carbons (Fsp3) is 0.667. The normalized spacial score (nSPS) is 29.0. The topological polar surface area (TPSA) is 25.4 Å². The highest BCUT2D eigenvalue weighted by atomic mass is 16.5. The molecule has 3 heteroatoms. The van der Waals surface area contributed by atoms with E-state index in [0.29, 0.717) is 12.0 Å². The number of likely N-dealkylation sites (tertiary alicyclic amines) is 1. The molecule has 18 heavy (non-hydrogen) atoms. The Kier molecular flexibility index (Phi) is 3.35. The number of aromatic nitrogens is 1. The van der Waals surface area contributed by atoms with Crippen molar-refractivity contribution in [3.05, 3.63) is 29.1 Å². The van der Waals surface area contributed by atoms with Crippen molar-refractivity contribution in [1.82, 2.24) is 9.88 Å². The zero-order valence-electron chi connectivity index (χ0n) is 11.4. The highest BCUT2D eigenvalue weighted by molar-refractivity contribution is 5.30. The minimum atomic E-state index is 0.514. The minimum absolute atomic E-state index is 0.514. The van der Waals surface area contributed by atoms with Crippen LogP contribution in [0.4, 0.5) is 0 Å². The van der Waals surface area contributed by atoms with Crippen LogP contribution in [0.25, 0.3) is 0 Å². The summed E-state index contributed by atoms with van der Waals surface area (Å²) in [5.74, 6) is 0.557. The van der Waals surface area contributed by atoms with Gasteiger partial charge in [-0.3, -0.25) is 9.88 Å². The third-order valence-electron chi connectivity index (χ3n) is 4.30. The first kappa shape index (κ1) is 12.1. The Morgan fingerprint density at radius 2 is 2.22 bits per heavy atom. The van der Waals surface area contributed by atoms with Crippen molar-refractivity contribution in [2.75, 3.05) is 26.8 Å². The van der Waals surface area contributed by atoms with Crippen LogP contribution in [0.5, 0.6) is 0 Å². The summed E-state index contributed by atoms with van der Waals surface area (Å²) in [6.07, 6.45) is 3.68. The predicted molar refractivity (Wildman–Crippen MR) is 71.8 cm³/mol. The van der Waals surface area contributed by atoms with Crippen LogP contribution in [0.1, 0.15) is 48.2 Å². The number of ether oxygens (including phenoxy) is 1. The highest BCUT2D eigenvalue weighted by Gasteiger charge is 2.29. The highest BCUT2D eigenvalue weighted by Crippen LogP contribution is 2.36. The number of hydrogen-bond donors (Lipinski definition) is 0. The van der Waals surface area contributed by atoms with Crippen molar-refractivity contribution in [3.63, 3.8) is 0 Å². The molecule has 2 atom stereocenters. The van der Waals surface area contributed by atoms with Crippen molar-refractivity contribution in [2.45, 2.75) is 38.1 Å². The van der Waals surface area contributed by atoms with Crippen molar-refractivity contribution < 1.29 is 4.74 Å². The Morgan fingerprint density at radius 1 is 1.33 bits per heavy atom. The van der Waals surface area contributed by atoms with Crippen LogP contribution < -0.4 is 0 Å². The molecule has 2 unspecified atom stereocenters. The summed E-state index contributed by atoms with van der Waals surface area (Å²) in [5.41, 5.74) is 3.87. The first-order valence-corrected chi connectivity index (χ1v) is 7.01. The molecule has 0 radical (unpaired) electrons. The van der Waals surface area contributed by atoms with E-state index in [9.17, 15) is 0 Å². The van der Waals surface area contributed by atoms with Gasteiger partial charge in [0.15, 0.2) is 0 Å². The molecule has 3 heterocycles. The lowest BCUT2D eigenvalue weighted by Gasteiger charge is -2.24. The number of nitrogens with zero attached hydrogens (tertiary/aromatic N) is 2. The zero-order valence-corrected chi connectivity index (χ0v) is 11.4. The first-order chi connectivity index (χ1) is 8.75. The summed E-state index contributed by atoms with van der Waals surface area (Å²) >= 11 is 0. The second-order valence-electron chi connectivity index (χ2n) is 5.63. The Morgan fingerprint density at radius 3 is 2.89 bits per heavy atom. The molecule has 3 rings (SSSR count). The van der Waals surface area contributed by atoms with Crippen molar-refractivity contribution in [2.24, 2.45) is 0 Å². The van der Waals surface area contributed by atoms with E-state index < -0.39 is 0 Å². The molecule has 1 aromatic rings. The van der Waals surface area contributed by atoms with Crippen LogP contribution in [0.15, 0.2) is 12.1 Å². The standard InChI is InChI=1S/C15H22N2O/c1-11-5-6-13(12-7-9-18-10-12)15(16-11)14-4-3-8-17(14)2/h5-6,12,14H,3-4,7-10H2,1-2H3. The van der Waals surface area contributed by atoms with Crippen molar-refractivity contribution >= 4 is 0 Å². The lowest BCUT2D eigenvalue weighted by molar-refractivity contribution is 0.193. The second kappa shape index (κ2) is 4.98. The van der Waals surface area contributed by atoms with Gasteiger partial charge in [-0.2, -0.15) is 0 Å². The molecular weight excluding hydrogens is 224 g/mol. The lowest BCUT2D eigenvalue weighted by Crippen LogP contribution is -2.21. The predicted octanol–water partition coefficient (Wildman–Crippen LogP) is 2.66. The monoisotopic (exact) mass is 246 g/mol. The maximum absolute atomic E-state index is 5.54. The van der Waals surface area contributed by atoms with E-state index in [4.69, 9.17) is 9.72 Å². The van der Waals surface area contributed by atoms with Crippen LogP contribution >= 0.6 is 0 Å².